The van der Waals surface area contributed by atoms with Crippen LogP contribution in [0.15, 0.2) is 40.2 Å². The van der Waals surface area contributed by atoms with Crippen LogP contribution in [0.1, 0.15) is 23.4 Å². The van der Waals surface area contributed by atoms with E-state index in [4.69, 9.17) is 0 Å². The first-order valence-electron chi connectivity index (χ1n) is 6.22. The highest BCUT2D eigenvalue weighted by molar-refractivity contribution is 9.10. The summed E-state index contributed by atoms with van der Waals surface area (Å²) in [5.41, 5.74) is 0.724. The first-order chi connectivity index (χ1) is 9.90. The van der Waals surface area contributed by atoms with Crippen LogP contribution in [0.3, 0.4) is 0 Å². The van der Waals surface area contributed by atoms with Crippen LogP contribution in [-0.2, 0) is 0 Å². The van der Waals surface area contributed by atoms with Crippen LogP contribution in [0, 0.1) is 0 Å². The van der Waals surface area contributed by atoms with Crippen LogP contribution < -0.4 is 10.1 Å². The van der Waals surface area contributed by atoms with Gasteiger partial charge in [0.15, 0.2) is 0 Å². The Kier molecular flexibility index (Phi) is 5.29. The molecule has 1 atom stereocenters. The third kappa shape index (κ3) is 4.46. The second-order valence-electron chi connectivity index (χ2n) is 4.24. The van der Waals surface area contributed by atoms with Gasteiger partial charge < -0.3 is 10.1 Å². The molecule has 0 spiro atoms. The highest BCUT2D eigenvalue weighted by atomic mass is 79.9. The Morgan fingerprint density at radius 1 is 1.33 bits per heavy atom. The maximum absolute atomic E-state index is 12.3. The number of hydrogen-bond donors (Lipinski definition) is 1. The van der Waals surface area contributed by atoms with Crippen molar-refractivity contribution in [1.82, 2.24) is 5.32 Å². The van der Waals surface area contributed by atoms with Gasteiger partial charge in [-0.1, -0.05) is 19.1 Å². The SMILES string of the molecule is CCNC(c1cccc(OC(F)(F)F)c1)c1sccc1Br. The maximum atomic E-state index is 12.3. The van der Waals surface area contributed by atoms with Crippen molar-refractivity contribution in [2.24, 2.45) is 0 Å². The zero-order valence-electron chi connectivity index (χ0n) is 11.1. The van der Waals surface area contributed by atoms with Crippen LogP contribution in [0.5, 0.6) is 5.75 Å². The number of halogens is 4. The Morgan fingerprint density at radius 2 is 2.10 bits per heavy atom. The standard InChI is InChI=1S/C14H13BrF3NOS/c1-2-19-12(13-11(15)6-7-21-13)9-4-3-5-10(8-9)20-14(16,17)18/h3-8,12,19H,2H2,1H3. The minimum Gasteiger partial charge on any atom is -0.406 e. The Balaban J connectivity index is 2.33. The number of alkyl halides is 3. The molecular weight excluding hydrogens is 367 g/mol. The van der Waals surface area contributed by atoms with Crippen molar-refractivity contribution in [3.05, 3.63) is 50.6 Å². The lowest BCUT2D eigenvalue weighted by molar-refractivity contribution is -0.274. The highest BCUT2D eigenvalue weighted by Crippen LogP contribution is 2.34. The fraction of sp³-hybridized carbons (Fsp3) is 0.286. The molecule has 0 aliphatic carbocycles. The second-order valence-corrected chi connectivity index (χ2v) is 6.05. The van der Waals surface area contributed by atoms with Gasteiger partial charge in [0.25, 0.3) is 0 Å². The molecule has 114 valence electrons. The molecule has 1 aromatic heterocycles. The molecule has 0 aliphatic heterocycles. The maximum Gasteiger partial charge on any atom is 0.573 e. The van der Waals surface area contributed by atoms with Gasteiger partial charge in [-0.25, -0.2) is 0 Å². The minimum absolute atomic E-state index is 0.179. The predicted octanol–water partition coefficient (Wildman–Crippen LogP) is 5.11. The number of ether oxygens (including phenoxy) is 1. The van der Waals surface area contributed by atoms with E-state index >= 15 is 0 Å². The molecule has 0 radical (unpaired) electrons. The van der Waals surface area contributed by atoms with Gasteiger partial charge in [-0.2, -0.15) is 0 Å². The molecule has 2 rings (SSSR count). The van der Waals surface area contributed by atoms with Gasteiger partial charge in [0.05, 0.1) is 6.04 Å². The Morgan fingerprint density at radius 3 is 2.67 bits per heavy atom. The normalized spacial score (nSPS) is 13.2. The molecule has 7 heteroatoms. The number of hydrogen-bond acceptors (Lipinski definition) is 3. The van der Waals surface area contributed by atoms with E-state index in [1.165, 1.54) is 23.5 Å². The van der Waals surface area contributed by atoms with E-state index in [1.54, 1.807) is 12.1 Å². The van der Waals surface area contributed by atoms with E-state index < -0.39 is 6.36 Å². The summed E-state index contributed by atoms with van der Waals surface area (Å²) in [6, 6.07) is 7.78. The summed E-state index contributed by atoms with van der Waals surface area (Å²) in [7, 11) is 0. The van der Waals surface area contributed by atoms with E-state index in [2.05, 4.69) is 26.0 Å². The molecule has 0 amide bonds. The second kappa shape index (κ2) is 6.81. The van der Waals surface area contributed by atoms with E-state index in [9.17, 15) is 13.2 Å². The van der Waals surface area contributed by atoms with Crippen LogP contribution in [0.2, 0.25) is 0 Å². The van der Waals surface area contributed by atoms with Gasteiger partial charge in [0.2, 0.25) is 0 Å². The number of rotatable bonds is 5. The number of nitrogens with one attached hydrogen (secondary N) is 1. The summed E-state index contributed by atoms with van der Waals surface area (Å²) in [5, 5.41) is 5.21. The fourth-order valence-corrected chi connectivity index (χ4v) is 3.67. The van der Waals surface area contributed by atoms with Crippen LogP contribution in [0.4, 0.5) is 13.2 Å². The lowest BCUT2D eigenvalue weighted by Gasteiger charge is -2.19. The third-order valence-electron chi connectivity index (χ3n) is 2.74. The minimum atomic E-state index is -4.68. The van der Waals surface area contributed by atoms with Crippen molar-refractivity contribution in [1.29, 1.82) is 0 Å². The van der Waals surface area contributed by atoms with Crippen molar-refractivity contribution in [2.75, 3.05) is 6.54 Å². The molecule has 1 heterocycles. The van der Waals surface area contributed by atoms with Gasteiger partial charge >= 0.3 is 6.36 Å². The average molecular weight is 380 g/mol. The van der Waals surface area contributed by atoms with Crippen molar-refractivity contribution in [3.8, 4) is 5.75 Å². The van der Waals surface area contributed by atoms with E-state index in [0.29, 0.717) is 6.54 Å². The molecule has 1 unspecified atom stereocenters. The zero-order valence-corrected chi connectivity index (χ0v) is 13.5. The lowest BCUT2D eigenvalue weighted by Crippen LogP contribution is -2.22. The molecule has 1 aromatic carbocycles. The van der Waals surface area contributed by atoms with Crippen molar-refractivity contribution in [2.45, 2.75) is 19.3 Å². The quantitative estimate of drug-likeness (QED) is 0.779. The summed E-state index contributed by atoms with van der Waals surface area (Å²) in [6.45, 7) is 2.64. The van der Waals surface area contributed by atoms with Crippen molar-refractivity contribution < 1.29 is 17.9 Å². The molecule has 0 bridgehead atoms. The first-order valence-corrected chi connectivity index (χ1v) is 7.90. The molecular formula is C14H13BrF3NOS. The number of benzene rings is 1. The molecule has 2 aromatic rings. The van der Waals surface area contributed by atoms with E-state index in [1.807, 2.05) is 18.4 Å². The van der Waals surface area contributed by atoms with E-state index in [-0.39, 0.29) is 11.8 Å². The molecule has 0 saturated heterocycles. The van der Waals surface area contributed by atoms with Gasteiger partial charge in [-0.3, -0.25) is 0 Å². The van der Waals surface area contributed by atoms with Crippen molar-refractivity contribution in [3.63, 3.8) is 0 Å². The summed E-state index contributed by atoms with van der Waals surface area (Å²) in [4.78, 5) is 1.01. The number of thiophene rings is 1. The predicted molar refractivity (Wildman–Crippen MR) is 80.7 cm³/mol. The van der Waals surface area contributed by atoms with Gasteiger partial charge in [-0.15, -0.1) is 24.5 Å². The molecule has 0 fully saturated rings. The van der Waals surface area contributed by atoms with Crippen molar-refractivity contribution >= 4 is 27.3 Å². The smallest absolute Gasteiger partial charge is 0.406 e. The zero-order chi connectivity index (χ0) is 15.5. The third-order valence-corrected chi connectivity index (χ3v) is 4.68. The fourth-order valence-electron chi connectivity index (χ4n) is 1.97. The monoisotopic (exact) mass is 379 g/mol. The molecule has 0 aliphatic rings. The van der Waals surface area contributed by atoms with E-state index in [0.717, 1.165) is 14.9 Å². The van der Waals surface area contributed by atoms with Crippen LogP contribution in [0.25, 0.3) is 0 Å². The Labute approximate surface area is 133 Å². The van der Waals surface area contributed by atoms with Gasteiger partial charge in [0.1, 0.15) is 5.75 Å². The largest absolute Gasteiger partial charge is 0.573 e. The molecule has 0 saturated carbocycles. The summed E-state index contributed by atoms with van der Waals surface area (Å²) in [5.74, 6) is -0.212. The Hall–Kier alpha value is -1.05. The molecule has 21 heavy (non-hydrogen) atoms. The van der Waals surface area contributed by atoms with Gasteiger partial charge in [-0.05, 0) is 51.6 Å². The summed E-state index contributed by atoms with van der Waals surface area (Å²) >= 11 is 5.00. The first kappa shape index (κ1) is 16.3. The summed E-state index contributed by atoms with van der Waals surface area (Å²) in [6.07, 6.45) is -4.68. The lowest BCUT2D eigenvalue weighted by atomic mass is 10.1. The van der Waals surface area contributed by atoms with Crippen LogP contribution >= 0.6 is 27.3 Å². The highest BCUT2D eigenvalue weighted by Gasteiger charge is 2.31. The Bertz CT molecular complexity index is 600. The molecule has 2 nitrogen and oxygen atoms in total. The summed E-state index contributed by atoms with van der Waals surface area (Å²) < 4.78 is 41.9. The van der Waals surface area contributed by atoms with Crippen LogP contribution in [-0.4, -0.2) is 12.9 Å². The molecule has 1 N–H and O–H groups in total. The topological polar surface area (TPSA) is 21.3 Å². The average Bonchev–Trinajstić information content (AvgIpc) is 2.80. The van der Waals surface area contributed by atoms with Gasteiger partial charge in [0, 0.05) is 9.35 Å².